The first-order valence-electron chi connectivity index (χ1n) is 8.79. The lowest BCUT2D eigenvalue weighted by atomic mass is 10.1. The Balaban J connectivity index is 1.35. The molecule has 0 amide bonds. The molecule has 8 nitrogen and oxygen atoms in total. The van der Waals surface area contributed by atoms with Gasteiger partial charge in [0.15, 0.2) is 17.4 Å². The van der Waals surface area contributed by atoms with E-state index in [2.05, 4.69) is 25.8 Å². The predicted octanol–water partition coefficient (Wildman–Crippen LogP) is 0.980. The van der Waals surface area contributed by atoms with Crippen molar-refractivity contribution in [2.24, 2.45) is 4.99 Å². The molecule has 0 saturated carbocycles. The fourth-order valence-electron chi connectivity index (χ4n) is 2.77. The van der Waals surface area contributed by atoms with Crippen LogP contribution >= 0.6 is 0 Å². The van der Waals surface area contributed by atoms with Gasteiger partial charge in [0.25, 0.3) is 0 Å². The van der Waals surface area contributed by atoms with Crippen LogP contribution in [-0.4, -0.2) is 60.1 Å². The third-order valence-electron chi connectivity index (χ3n) is 4.16. The fraction of sp³-hybridized carbons (Fsp3) is 0.588. The maximum absolute atomic E-state index is 5.86. The van der Waals surface area contributed by atoms with Crippen LogP contribution in [0.5, 0.6) is 0 Å². The van der Waals surface area contributed by atoms with Crippen molar-refractivity contribution in [1.29, 1.82) is 0 Å². The van der Waals surface area contributed by atoms with Gasteiger partial charge in [0.05, 0.1) is 12.6 Å². The Morgan fingerprint density at radius 1 is 1.32 bits per heavy atom. The van der Waals surface area contributed by atoms with E-state index in [1.54, 1.807) is 7.05 Å². The monoisotopic (exact) mass is 346 g/mol. The predicted molar refractivity (Wildman–Crippen MR) is 95.6 cm³/mol. The van der Waals surface area contributed by atoms with E-state index in [1.165, 1.54) is 0 Å². The molecule has 136 valence electrons. The van der Waals surface area contributed by atoms with Crippen molar-refractivity contribution in [2.75, 3.05) is 33.4 Å². The Labute approximate surface area is 147 Å². The van der Waals surface area contributed by atoms with Crippen molar-refractivity contribution in [3.8, 4) is 0 Å². The van der Waals surface area contributed by atoms with Crippen molar-refractivity contribution in [3.63, 3.8) is 0 Å². The van der Waals surface area contributed by atoms with Crippen LogP contribution in [0, 0.1) is 0 Å². The lowest BCUT2D eigenvalue weighted by molar-refractivity contribution is -0.0320. The number of nitrogens with zero attached hydrogens (tertiary/aromatic N) is 4. The highest BCUT2D eigenvalue weighted by Crippen LogP contribution is 2.10. The Hall–Kier alpha value is -2.19. The van der Waals surface area contributed by atoms with Crippen LogP contribution in [0.2, 0.25) is 0 Å². The minimum Gasteiger partial charge on any atom is -0.381 e. The molecule has 0 aromatic carbocycles. The summed E-state index contributed by atoms with van der Waals surface area (Å²) in [6.07, 6.45) is 5.25. The molecule has 1 fully saturated rings. The molecule has 2 N–H and O–H groups in total. The highest BCUT2D eigenvalue weighted by Gasteiger charge is 2.13. The molecule has 0 bridgehead atoms. The second-order valence-corrected chi connectivity index (χ2v) is 5.93. The van der Waals surface area contributed by atoms with E-state index in [0.29, 0.717) is 12.6 Å². The Morgan fingerprint density at radius 2 is 2.20 bits per heavy atom. The molecule has 1 saturated heterocycles. The summed E-state index contributed by atoms with van der Waals surface area (Å²) < 4.78 is 13.2. The first-order valence-corrected chi connectivity index (χ1v) is 8.79. The zero-order valence-corrected chi connectivity index (χ0v) is 14.6. The summed E-state index contributed by atoms with van der Waals surface area (Å²) in [4.78, 5) is 4.23. The number of hydrogen-bond acceptors (Lipinski definition) is 5. The number of fused-ring (bicyclic) bond motifs is 1. The number of pyridine rings is 1. The zero-order chi connectivity index (χ0) is 17.3. The van der Waals surface area contributed by atoms with E-state index in [9.17, 15) is 0 Å². The first kappa shape index (κ1) is 17.6. The van der Waals surface area contributed by atoms with Gasteiger partial charge < -0.3 is 20.1 Å². The maximum Gasteiger partial charge on any atom is 0.191 e. The molecule has 1 aliphatic heterocycles. The van der Waals surface area contributed by atoms with Crippen LogP contribution in [-0.2, 0) is 16.0 Å². The van der Waals surface area contributed by atoms with Crippen molar-refractivity contribution < 1.29 is 9.47 Å². The molecule has 1 aliphatic rings. The van der Waals surface area contributed by atoms with Crippen molar-refractivity contribution in [1.82, 2.24) is 25.2 Å². The van der Waals surface area contributed by atoms with Gasteiger partial charge in [-0.2, -0.15) is 0 Å². The lowest BCUT2D eigenvalue weighted by Gasteiger charge is -2.22. The molecule has 3 heterocycles. The number of aromatic nitrogens is 3. The van der Waals surface area contributed by atoms with E-state index in [0.717, 1.165) is 63.1 Å². The Bertz CT molecular complexity index is 681. The summed E-state index contributed by atoms with van der Waals surface area (Å²) in [6, 6.07) is 5.84. The minimum atomic E-state index is 0.354. The van der Waals surface area contributed by atoms with Gasteiger partial charge in [0, 0.05) is 39.6 Å². The highest BCUT2D eigenvalue weighted by molar-refractivity contribution is 5.79. The van der Waals surface area contributed by atoms with Crippen LogP contribution in [0.3, 0.4) is 0 Å². The van der Waals surface area contributed by atoms with Gasteiger partial charge in [-0.25, -0.2) is 0 Å². The summed E-state index contributed by atoms with van der Waals surface area (Å²) in [5.41, 5.74) is 0.840. The smallest absolute Gasteiger partial charge is 0.191 e. The van der Waals surface area contributed by atoms with E-state index in [1.807, 2.05) is 28.8 Å². The van der Waals surface area contributed by atoms with Crippen LogP contribution in [0.1, 0.15) is 25.1 Å². The van der Waals surface area contributed by atoms with Crippen LogP contribution < -0.4 is 10.6 Å². The zero-order valence-electron chi connectivity index (χ0n) is 14.6. The summed E-state index contributed by atoms with van der Waals surface area (Å²) in [5, 5.41) is 14.9. The van der Waals surface area contributed by atoms with E-state index < -0.39 is 0 Å². The fourth-order valence-corrected chi connectivity index (χ4v) is 2.77. The molecule has 0 unspecified atom stereocenters. The summed E-state index contributed by atoms with van der Waals surface area (Å²) in [7, 11) is 1.76. The van der Waals surface area contributed by atoms with Gasteiger partial charge in [-0.3, -0.25) is 9.39 Å². The third-order valence-corrected chi connectivity index (χ3v) is 4.16. The average molecular weight is 346 g/mol. The van der Waals surface area contributed by atoms with E-state index >= 15 is 0 Å². The summed E-state index contributed by atoms with van der Waals surface area (Å²) >= 11 is 0. The van der Waals surface area contributed by atoms with Gasteiger partial charge in [0.1, 0.15) is 0 Å². The van der Waals surface area contributed by atoms with Gasteiger partial charge in [-0.1, -0.05) is 6.07 Å². The number of aliphatic imine (C=N–C) groups is 1. The van der Waals surface area contributed by atoms with Crippen LogP contribution in [0.25, 0.3) is 5.65 Å². The summed E-state index contributed by atoms with van der Waals surface area (Å²) in [5.74, 6) is 1.60. The topological polar surface area (TPSA) is 85.1 Å². The van der Waals surface area contributed by atoms with Gasteiger partial charge in [0.2, 0.25) is 0 Å². The molecule has 0 spiro atoms. The Kier molecular flexibility index (Phi) is 6.58. The molecule has 0 aliphatic carbocycles. The van der Waals surface area contributed by atoms with Crippen molar-refractivity contribution in [2.45, 2.75) is 31.9 Å². The third kappa shape index (κ3) is 5.14. The lowest BCUT2D eigenvalue weighted by Crippen LogP contribution is -2.38. The second-order valence-electron chi connectivity index (χ2n) is 5.93. The number of nitrogens with one attached hydrogen (secondary N) is 2. The molecule has 2 aromatic heterocycles. The molecule has 3 rings (SSSR count). The Morgan fingerprint density at radius 3 is 3.04 bits per heavy atom. The molecule has 25 heavy (non-hydrogen) atoms. The normalized spacial score (nSPS) is 16.3. The number of guanidine groups is 1. The van der Waals surface area contributed by atoms with Gasteiger partial charge >= 0.3 is 0 Å². The van der Waals surface area contributed by atoms with E-state index in [-0.39, 0.29) is 0 Å². The number of hydrogen-bond donors (Lipinski definition) is 2. The molecular formula is C17H26N6O2. The van der Waals surface area contributed by atoms with Gasteiger partial charge in [-0.15, -0.1) is 10.2 Å². The largest absolute Gasteiger partial charge is 0.381 e. The van der Waals surface area contributed by atoms with Crippen LogP contribution in [0.4, 0.5) is 0 Å². The van der Waals surface area contributed by atoms with Crippen molar-refractivity contribution >= 4 is 11.6 Å². The standard InChI is InChI=1S/C17H26N6O2/c1-18-17(19-8-4-10-25-14-6-11-24-12-7-14)20-13-16-22-21-15-5-2-3-9-23(15)16/h2-3,5,9,14H,4,6-8,10-13H2,1H3,(H2,18,19,20). The molecule has 2 aromatic rings. The highest BCUT2D eigenvalue weighted by atomic mass is 16.5. The quantitative estimate of drug-likeness (QED) is 0.442. The maximum atomic E-state index is 5.86. The van der Waals surface area contributed by atoms with Crippen molar-refractivity contribution in [3.05, 3.63) is 30.2 Å². The summed E-state index contributed by atoms with van der Waals surface area (Å²) in [6.45, 7) is 3.75. The average Bonchev–Trinajstić information content (AvgIpc) is 3.08. The minimum absolute atomic E-state index is 0.354. The van der Waals surface area contributed by atoms with Crippen LogP contribution in [0.15, 0.2) is 29.4 Å². The first-order chi connectivity index (χ1) is 12.4. The molecule has 0 radical (unpaired) electrons. The molecular weight excluding hydrogens is 320 g/mol. The molecule has 0 atom stereocenters. The van der Waals surface area contributed by atoms with Gasteiger partial charge in [-0.05, 0) is 31.4 Å². The SMILES string of the molecule is CN=C(NCCCOC1CCOCC1)NCc1nnc2ccccn12. The second kappa shape index (κ2) is 9.33. The number of rotatable bonds is 7. The molecule has 8 heteroatoms. The van der Waals surface area contributed by atoms with E-state index in [4.69, 9.17) is 9.47 Å². The number of ether oxygens (including phenoxy) is 2.